The fourth-order valence-corrected chi connectivity index (χ4v) is 3.98. The van der Waals surface area contributed by atoms with Crippen molar-refractivity contribution in [1.29, 1.82) is 0 Å². The number of piperazine rings is 1. The van der Waals surface area contributed by atoms with Crippen molar-refractivity contribution in [3.05, 3.63) is 60.2 Å². The smallest absolute Gasteiger partial charge is 0.288 e. The predicted molar refractivity (Wildman–Crippen MR) is 103 cm³/mol. The molecule has 0 unspecified atom stereocenters. The first kappa shape index (κ1) is 19.8. The number of para-hydroxylation sites is 1. The van der Waals surface area contributed by atoms with Gasteiger partial charge in [-0.15, -0.1) is 0 Å². The van der Waals surface area contributed by atoms with E-state index in [0.717, 1.165) is 32.7 Å². The lowest BCUT2D eigenvalue weighted by Gasteiger charge is -2.29. The van der Waals surface area contributed by atoms with Crippen LogP contribution in [0.15, 0.2) is 59.5 Å². The summed E-state index contributed by atoms with van der Waals surface area (Å²) in [5.41, 5.74) is 1.79. The van der Waals surface area contributed by atoms with Crippen molar-refractivity contribution in [2.75, 3.05) is 38.0 Å². The van der Waals surface area contributed by atoms with Crippen molar-refractivity contribution in [2.45, 2.75) is 17.2 Å². The van der Waals surface area contributed by atoms with Gasteiger partial charge in [0.25, 0.3) is 11.7 Å². The molecule has 7 heteroatoms. The Morgan fingerprint density at radius 1 is 0.963 bits per heavy atom. The fourth-order valence-electron chi connectivity index (χ4n) is 3.39. The number of nitrogens with one attached hydrogen (secondary N) is 3. The summed E-state index contributed by atoms with van der Waals surface area (Å²) in [6, 6.07) is 17.1. The maximum atomic E-state index is 12.6. The Morgan fingerprint density at radius 3 is 2.30 bits per heavy atom. The first-order valence-corrected chi connectivity index (χ1v) is 10.0. The number of carbonyl (C=O) groups excluding carboxylic acids is 1. The van der Waals surface area contributed by atoms with Gasteiger partial charge >= 0.3 is 0 Å². The van der Waals surface area contributed by atoms with E-state index in [1.54, 1.807) is 24.3 Å². The molecule has 3 N–H and O–H groups in total. The third-order valence-electron chi connectivity index (χ3n) is 4.75. The number of carbonyl (C=O) groups is 1. The van der Waals surface area contributed by atoms with E-state index >= 15 is 0 Å². The minimum absolute atomic E-state index is 0.126. The zero-order valence-electron chi connectivity index (χ0n) is 15.1. The minimum atomic E-state index is -2.51. The topological polar surface area (TPSA) is 38.0 Å². The Labute approximate surface area is 162 Å². The third kappa shape index (κ3) is 6.30. The van der Waals surface area contributed by atoms with Crippen molar-refractivity contribution < 1.29 is 23.4 Å². The monoisotopic (exact) mass is 393 g/mol. The molecule has 1 fully saturated rings. The van der Waals surface area contributed by atoms with E-state index in [1.807, 2.05) is 6.07 Å². The molecule has 0 aromatic heterocycles. The number of halogens is 2. The summed E-state index contributed by atoms with van der Waals surface area (Å²) in [6.07, 6.45) is 0. The van der Waals surface area contributed by atoms with Gasteiger partial charge in [-0.2, -0.15) is 8.78 Å². The van der Waals surface area contributed by atoms with Crippen molar-refractivity contribution in [3.63, 3.8) is 0 Å². The van der Waals surface area contributed by atoms with Crippen LogP contribution >= 0.6 is 11.8 Å². The Kier molecular flexibility index (Phi) is 7.20. The number of hydrogen-bond acceptors (Lipinski definition) is 2. The summed E-state index contributed by atoms with van der Waals surface area (Å²) in [5, 5.41) is 2.79. The van der Waals surface area contributed by atoms with Gasteiger partial charge in [-0.05, 0) is 12.1 Å². The van der Waals surface area contributed by atoms with Gasteiger partial charge < -0.3 is 15.1 Å². The lowest BCUT2D eigenvalue weighted by molar-refractivity contribution is -1.02. The van der Waals surface area contributed by atoms with Crippen LogP contribution < -0.4 is 15.1 Å². The first-order chi connectivity index (χ1) is 13.1. The summed E-state index contributed by atoms with van der Waals surface area (Å²) in [6.45, 7) is 5.29. The molecule has 0 saturated carbocycles. The standard InChI is InChI=1S/C20H23F2N3OS/c21-20(22)27-18-9-5-4-8-17(18)23-19(26)15-25-12-10-24(11-13-25)14-16-6-2-1-3-7-16/h1-9,20H,10-15H2,(H,23,26)/p+2. The fraction of sp³-hybridized carbons (Fsp3) is 0.350. The van der Waals surface area contributed by atoms with Gasteiger partial charge in [0.2, 0.25) is 0 Å². The van der Waals surface area contributed by atoms with Crippen molar-refractivity contribution >= 4 is 23.4 Å². The van der Waals surface area contributed by atoms with Crippen molar-refractivity contribution in [1.82, 2.24) is 0 Å². The largest absolute Gasteiger partial charge is 0.322 e. The maximum Gasteiger partial charge on any atom is 0.288 e. The van der Waals surface area contributed by atoms with Gasteiger partial charge in [0, 0.05) is 10.5 Å². The van der Waals surface area contributed by atoms with Crippen LogP contribution in [0, 0.1) is 0 Å². The Hall–Kier alpha value is -1.96. The van der Waals surface area contributed by atoms with E-state index < -0.39 is 5.76 Å². The molecule has 2 aromatic rings. The normalized spacial score (nSPS) is 19.8. The molecular weight excluding hydrogens is 368 g/mol. The molecule has 0 radical (unpaired) electrons. The van der Waals surface area contributed by atoms with Crippen LogP contribution in [0.3, 0.4) is 0 Å². The summed E-state index contributed by atoms with van der Waals surface area (Å²) in [4.78, 5) is 15.5. The van der Waals surface area contributed by atoms with Crippen molar-refractivity contribution in [3.8, 4) is 0 Å². The van der Waals surface area contributed by atoms with E-state index in [2.05, 4.69) is 29.6 Å². The molecule has 1 aliphatic rings. The highest BCUT2D eigenvalue weighted by Crippen LogP contribution is 2.31. The summed E-state index contributed by atoms with van der Waals surface area (Å²) < 4.78 is 25.3. The van der Waals surface area contributed by atoms with Crippen molar-refractivity contribution in [2.24, 2.45) is 0 Å². The predicted octanol–water partition coefficient (Wildman–Crippen LogP) is 0.923. The number of benzene rings is 2. The highest BCUT2D eigenvalue weighted by Gasteiger charge is 2.25. The zero-order valence-corrected chi connectivity index (χ0v) is 15.9. The van der Waals surface area contributed by atoms with Crippen LogP contribution in [0.25, 0.3) is 0 Å². The summed E-state index contributed by atoms with van der Waals surface area (Å²) in [7, 11) is 0. The van der Waals surface area contributed by atoms with Gasteiger partial charge in [0.15, 0.2) is 6.54 Å². The van der Waals surface area contributed by atoms with Gasteiger partial charge in [-0.1, -0.05) is 54.2 Å². The Balaban J connectivity index is 1.46. The lowest BCUT2D eigenvalue weighted by atomic mass is 10.2. The maximum absolute atomic E-state index is 12.6. The second kappa shape index (κ2) is 9.82. The number of alkyl halides is 2. The second-order valence-corrected chi connectivity index (χ2v) is 7.79. The molecule has 27 heavy (non-hydrogen) atoms. The molecule has 144 valence electrons. The average Bonchev–Trinajstić information content (AvgIpc) is 2.65. The van der Waals surface area contributed by atoms with Crippen LogP contribution in [0.5, 0.6) is 0 Å². The molecule has 1 aliphatic heterocycles. The van der Waals surface area contributed by atoms with E-state index in [0.29, 0.717) is 28.9 Å². The number of amides is 1. The number of thioether (sulfide) groups is 1. The number of hydrogen-bond donors (Lipinski definition) is 3. The number of anilines is 1. The van der Waals surface area contributed by atoms with Crippen LogP contribution in [0.2, 0.25) is 0 Å². The van der Waals surface area contributed by atoms with Gasteiger partial charge in [0.05, 0.1) is 5.69 Å². The molecule has 3 rings (SSSR count). The van der Waals surface area contributed by atoms with E-state index in [1.165, 1.54) is 15.4 Å². The minimum Gasteiger partial charge on any atom is -0.322 e. The molecule has 0 spiro atoms. The summed E-state index contributed by atoms with van der Waals surface area (Å²) in [5.74, 6) is -2.63. The van der Waals surface area contributed by atoms with Crippen LogP contribution in [0.1, 0.15) is 5.56 Å². The molecule has 0 aliphatic carbocycles. The third-order valence-corrected chi connectivity index (χ3v) is 5.54. The molecule has 1 amide bonds. The summed E-state index contributed by atoms with van der Waals surface area (Å²) >= 11 is 0.456. The number of quaternary nitrogens is 2. The highest BCUT2D eigenvalue weighted by atomic mass is 32.2. The number of rotatable bonds is 7. The van der Waals surface area contributed by atoms with Crippen LogP contribution in [0.4, 0.5) is 14.5 Å². The molecule has 4 nitrogen and oxygen atoms in total. The van der Waals surface area contributed by atoms with E-state index in [4.69, 9.17) is 0 Å². The van der Waals surface area contributed by atoms with Crippen LogP contribution in [-0.4, -0.2) is 44.4 Å². The Morgan fingerprint density at radius 2 is 1.59 bits per heavy atom. The van der Waals surface area contributed by atoms with E-state index in [-0.39, 0.29) is 5.91 Å². The highest BCUT2D eigenvalue weighted by molar-refractivity contribution is 7.99. The second-order valence-electron chi connectivity index (χ2n) is 6.76. The van der Waals surface area contributed by atoms with Gasteiger partial charge in [0.1, 0.15) is 32.7 Å². The molecule has 0 atom stereocenters. The lowest BCUT2D eigenvalue weighted by Crippen LogP contribution is -3.28. The first-order valence-electron chi connectivity index (χ1n) is 9.15. The van der Waals surface area contributed by atoms with Gasteiger partial charge in [-0.3, -0.25) is 4.79 Å². The molecule has 1 heterocycles. The van der Waals surface area contributed by atoms with E-state index in [9.17, 15) is 13.6 Å². The molecular formula is C20H25F2N3OS+2. The molecule has 2 aromatic carbocycles. The SMILES string of the molecule is O=C(C[NH+]1CC[NH+](Cc2ccccc2)CC1)Nc1ccccc1SC(F)F. The molecule has 0 bridgehead atoms. The Bertz CT molecular complexity index is 737. The van der Waals surface area contributed by atoms with Crippen LogP contribution in [-0.2, 0) is 11.3 Å². The zero-order chi connectivity index (χ0) is 19.1. The quantitative estimate of drug-likeness (QED) is 0.612. The van der Waals surface area contributed by atoms with Gasteiger partial charge in [-0.25, -0.2) is 0 Å². The molecule has 1 saturated heterocycles. The average molecular weight is 394 g/mol.